The molecule has 2 aliphatic rings. The van der Waals surface area contributed by atoms with Crippen LogP contribution in [0.3, 0.4) is 0 Å². The van der Waals surface area contributed by atoms with E-state index < -0.39 is 6.09 Å². The molecule has 0 spiro atoms. The number of rotatable bonds is 5. The minimum Gasteiger partial charge on any atom is -0.465 e. The van der Waals surface area contributed by atoms with Crippen LogP contribution in [0.2, 0.25) is 0 Å². The standard InChI is InChI=1S/C20H19BrN6O4S/c21-12-6-13-14(31-10-30-13)7-15(12)32-19-24-16-17(22)23-9-27(18(16)25-19)5-3-11-2-1-4-26(8-11)20(28)29/h6-9,22H,1-5,10H2,(H,24,25)(H,28,29). The lowest BCUT2D eigenvalue weighted by atomic mass is 10.0. The number of allylic oxidation sites excluding steroid dienone is 1. The zero-order valence-electron chi connectivity index (χ0n) is 16.8. The third-order valence-corrected chi connectivity index (χ3v) is 7.15. The number of aromatic amines is 1. The molecule has 0 fully saturated rings. The van der Waals surface area contributed by atoms with Gasteiger partial charge in [-0.25, -0.2) is 14.8 Å². The number of H-pyrrole nitrogens is 1. The Kier molecular flexibility index (Phi) is 5.55. The van der Waals surface area contributed by atoms with Crippen LogP contribution in [0.1, 0.15) is 19.3 Å². The van der Waals surface area contributed by atoms with Crippen LogP contribution in [0.25, 0.3) is 11.2 Å². The number of nitrogens with zero attached hydrogens (tertiary/aromatic N) is 4. The second-order valence-corrected chi connectivity index (χ2v) is 9.27. The van der Waals surface area contributed by atoms with E-state index in [0.29, 0.717) is 47.3 Å². The third-order valence-electron chi connectivity index (χ3n) is 5.29. The molecule has 0 bridgehead atoms. The van der Waals surface area contributed by atoms with Crippen molar-refractivity contribution in [1.29, 1.82) is 5.41 Å². The van der Waals surface area contributed by atoms with E-state index in [1.807, 2.05) is 16.7 Å². The predicted molar refractivity (Wildman–Crippen MR) is 119 cm³/mol. The molecule has 0 aliphatic carbocycles. The van der Waals surface area contributed by atoms with Crippen molar-refractivity contribution >= 4 is 44.9 Å². The largest absolute Gasteiger partial charge is 0.465 e. The van der Waals surface area contributed by atoms with Crippen LogP contribution in [-0.4, -0.2) is 49.0 Å². The molecule has 3 N–H and O–H groups in total. The molecule has 0 unspecified atom stereocenters. The number of ether oxygens (including phenoxy) is 2. The quantitative estimate of drug-likeness (QED) is 0.466. The molecule has 1 amide bonds. The molecule has 12 heteroatoms. The van der Waals surface area contributed by atoms with Gasteiger partial charge in [-0.1, -0.05) is 17.3 Å². The van der Waals surface area contributed by atoms with E-state index in [1.165, 1.54) is 16.7 Å². The Morgan fingerprint density at radius 3 is 2.97 bits per heavy atom. The highest BCUT2D eigenvalue weighted by Gasteiger charge is 2.19. The summed E-state index contributed by atoms with van der Waals surface area (Å²) in [5.74, 6) is 1.38. The zero-order chi connectivity index (χ0) is 22.2. The highest BCUT2D eigenvalue weighted by atomic mass is 79.9. The van der Waals surface area contributed by atoms with Crippen LogP contribution in [0.4, 0.5) is 4.79 Å². The van der Waals surface area contributed by atoms with Crippen LogP contribution in [0.15, 0.2) is 44.8 Å². The van der Waals surface area contributed by atoms with E-state index in [9.17, 15) is 9.90 Å². The predicted octanol–water partition coefficient (Wildman–Crippen LogP) is 3.93. The van der Waals surface area contributed by atoms with Crippen molar-refractivity contribution in [2.75, 3.05) is 13.3 Å². The number of halogens is 1. The molecule has 0 saturated carbocycles. The molecule has 0 atom stereocenters. The van der Waals surface area contributed by atoms with Gasteiger partial charge in [-0.15, -0.1) is 0 Å². The van der Waals surface area contributed by atoms with Crippen molar-refractivity contribution in [1.82, 2.24) is 24.4 Å². The zero-order valence-corrected chi connectivity index (χ0v) is 19.2. The first-order valence-corrected chi connectivity index (χ1v) is 11.5. The fourth-order valence-electron chi connectivity index (χ4n) is 3.69. The fraction of sp³-hybridized carbons (Fsp3) is 0.300. The molecular weight excluding hydrogens is 500 g/mol. The Bertz CT molecular complexity index is 1300. The maximum atomic E-state index is 11.2. The summed E-state index contributed by atoms with van der Waals surface area (Å²) >= 11 is 4.98. The number of fused-ring (bicyclic) bond motifs is 2. The van der Waals surface area contributed by atoms with E-state index in [0.717, 1.165) is 27.8 Å². The first-order chi connectivity index (χ1) is 15.5. The number of aryl methyl sites for hydroxylation is 1. The smallest absolute Gasteiger partial charge is 0.411 e. The van der Waals surface area contributed by atoms with Crippen molar-refractivity contribution in [3.05, 3.63) is 40.2 Å². The average Bonchev–Trinajstić information content (AvgIpc) is 3.41. The SMILES string of the molecule is N=c1ncn(CCC2=CN(C(=O)O)CCC2)c2nc(Sc3cc4c(cc3Br)OCO4)[nH]c12. The Morgan fingerprint density at radius 1 is 1.34 bits per heavy atom. The first kappa shape index (κ1) is 20.9. The van der Waals surface area contributed by atoms with Gasteiger partial charge in [-0.05, 0) is 47.3 Å². The van der Waals surface area contributed by atoms with E-state index in [1.54, 1.807) is 12.5 Å². The fourth-order valence-corrected chi connectivity index (χ4v) is 5.07. The number of hydrogen-bond acceptors (Lipinski definition) is 7. The molecule has 2 aromatic heterocycles. The van der Waals surface area contributed by atoms with Crippen LogP contribution in [0.5, 0.6) is 11.5 Å². The second-order valence-electron chi connectivity index (χ2n) is 7.38. The highest BCUT2D eigenvalue weighted by Crippen LogP contribution is 2.42. The van der Waals surface area contributed by atoms with E-state index in [4.69, 9.17) is 19.9 Å². The lowest BCUT2D eigenvalue weighted by Gasteiger charge is -2.22. The first-order valence-electron chi connectivity index (χ1n) is 9.94. The second kappa shape index (κ2) is 8.51. The van der Waals surface area contributed by atoms with Gasteiger partial charge in [-0.2, -0.15) is 0 Å². The summed E-state index contributed by atoms with van der Waals surface area (Å²) in [6, 6.07) is 3.76. The van der Waals surface area contributed by atoms with Crippen molar-refractivity contribution in [2.45, 2.75) is 35.9 Å². The molecule has 0 saturated heterocycles. The topological polar surface area (TPSA) is 129 Å². The van der Waals surface area contributed by atoms with Crippen molar-refractivity contribution in [2.24, 2.45) is 0 Å². The number of imidazole rings is 1. The normalized spacial score (nSPS) is 15.3. The van der Waals surface area contributed by atoms with Crippen LogP contribution < -0.4 is 15.0 Å². The van der Waals surface area contributed by atoms with Gasteiger partial charge in [0.25, 0.3) is 0 Å². The summed E-state index contributed by atoms with van der Waals surface area (Å²) in [5.41, 5.74) is 2.38. The number of carbonyl (C=O) groups is 1. The number of benzene rings is 1. The highest BCUT2D eigenvalue weighted by molar-refractivity contribution is 9.10. The van der Waals surface area contributed by atoms with Gasteiger partial charge in [0.2, 0.25) is 6.79 Å². The minimum atomic E-state index is -0.930. The van der Waals surface area contributed by atoms with Gasteiger partial charge in [-0.3, -0.25) is 10.3 Å². The molecule has 166 valence electrons. The van der Waals surface area contributed by atoms with Crippen molar-refractivity contribution in [3.63, 3.8) is 0 Å². The van der Waals surface area contributed by atoms with Gasteiger partial charge in [0.1, 0.15) is 5.52 Å². The monoisotopic (exact) mass is 518 g/mol. The number of aromatic nitrogens is 4. The van der Waals surface area contributed by atoms with Gasteiger partial charge in [0.15, 0.2) is 27.8 Å². The Morgan fingerprint density at radius 2 is 2.16 bits per heavy atom. The number of hydrogen-bond donors (Lipinski definition) is 3. The number of amides is 1. The maximum absolute atomic E-state index is 11.2. The van der Waals surface area contributed by atoms with Crippen LogP contribution in [-0.2, 0) is 6.54 Å². The molecule has 2 aliphatic heterocycles. The Balaban J connectivity index is 1.40. The lowest BCUT2D eigenvalue weighted by molar-refractivity contribution is 0.160. The molecule has 3 aromatic rings. The Hall–Kier alpha value is -2.99. The Labute approximate surface area is 194 Å². The summed E-state index contributed by atoms with van der Waals surface area (Å²) in [4.78, 5) is 25.5. The molecule has 0 radical (unpaired) electrons. The summed E-state index contributed by atoms with van der Waals surface area (Å²) in [7, 11) is 0. The van der Waals surface area contributed by atoms with Crippen molar-refractivity contribution in [3.8, 4) is 11.5 Å². The summed E-state index contributed by atoms with van der Waals surface area (Å²) < 4.78 is 13.6. The molecule has 4 heterocycles. The average molecular weight is 519 g/mol. The van der Waals surface area contributed by atoms with Crippen LogP contribution in [0, 0.1) is 5.41 Å². The van der Waals surface area contributed by atoms with E-state index >= 15 is 0 Å². The van der Waals surface area contributed by atoms with Crippen LogP contribution >= 0.6 is 27.7 Å². The summed E-state index contributed by atoms with van der Waals surface area (Å²) in [5, 5.41) is 18.0. The van der Waals surface area contributed by atoms with Gasteiger partial charge in [0.05, 0.1) is 6.33 Å². The number of nitrogens with one attached hydrogen (secondary N) is 2. The number of carboxylic acid groups (broad SMARTS) is 1. The van der Waals surface area contributed by atoms with Gasteiger partial charge in [0, 0.05) is 28.7 Å². The molecule has 1 aromatic carbocycles. The summed E-state index contributed by atoms with van der Waals surface area (Å²) in [6.45, 7) is 1.32. The molecule has 32 heavy (non-hydrogen) atoms. The maximum Gasteiger partial charge on any atom is 0.411 e. The minimum absolute atomic E-state index is 0.120. The van der Waals surface area contributed by atoms with E-state index in [-0.39, 0.29) is 12.3 Å². The third kappa shape index (κ3) is 4.07. The van der Waals surface area contributed by atoms with E-state index in [2.05, 4.69) is 25.9 Å². The lowest BCUT2D eigenvalue weighted by Crippen LogP contribution is -2.28. The molecular formula is C20H19BrN6O4S. The van der Waals surface area contributed by atoms with Gasteiger partial charge >= 0.3 is 6.09 Å². The van der Waals surface area contributed by atoms with Gasteiger partial charge < -0.3 is 24.1 Å². The summed E-state index contributed by atoms with van der Waals surface area (Å²) in [6.07, 6.45) is 4.77. The molecule has 5 rings (SSSR count). The van der Waals surface area contributed by atoms with Crippen molar-refractivity contribution < 1.29 is 19.4 Å². The molecule has 10 nitrogen and oxygen atoms in total.